The number of halogens is 1. The highest BCUT2D eigenvalue weighted by molar-refractivity contribution is 9.10. The van der Waals surface area contributed by atoms with E-state index >= 15 is 0 Å². The number of benzene rings is 1. The van der Waals surface area contributed by atoms with Crippen molar-refractivity contribution in [1.29, 1.82) is 0 Å². The molecular formula is C19H26BrNO5. The van der Waals surface area contributed by atoms with Crippen molar-refractivity contribution in [2.24, 2.45) is 0 Å². The highest BCUT2D eigenvalue weighted by atomic mass is 79.9. The Bertz CT molecular complexity index is 590. The van der Waals surface area contributed by atoms with E-state index in [0.29, 0.717) is 32.6 Å². The predicted octanol–water partition coefficient (Wildman–Crippen LogP) is 2.71. The number of carbonyl (C=O) groups excluding carboxylic acids is 1. The largest absolute Gasteiger partial charge is 0.459 e. The topological polar surface area (TPSA) is 77.0 Å². The van der Waals surface area contributed by atoms with E-state index in [1.165, 1.54) is 0 Å². The molecule has 2 N–H and O–H groups in total. The Balaban J connectivity index is 2.06. The normalized spacial score (nSPS) is 19.6. The number of amides is 1. The lowest BCUT2D eigenvalue weighted by Crippen LogP contribution is -2.34. The molecule has 0 aromatic heterocycles. The van der Waals surface area contributed by atoms with Crippen molar-refractivity contribution in [2.75, 3.05) is 33.5 Å². The summed E-state index contributed by atoms with van der Waals surface area (Å²) in [5.74, 6) is 0.0307. The van der Waals surface area contributed by atoms with Gasteiger partial charge in [-0.2, -0.15) is 0 Å². The molecule has 144 valence electrons. The molecule has 0 fully saturated rings. The third-order valence-electron chi connectivity index (χ3n) is 4.03. The second-order valence-electron chi connectivity index (χ2n) is 6.02. The molecule has 0 unspecified atom stereocenters. The van der Waals surface area contributed by atoms with Crippen LogP contribution in [0.2, 0.25) is 0 Å². The number of ether oxygens (including phenoxy) is 3. The number of aliphatic hydroxyl groups is 1. The number of nitrogens with one attached hydrogen (secondary N) is 1. The first-order chi connectivity index (χ1) is 12.6. The van der Waals surface area contributed by atoms with Crippen LogP contribution in [0.25, 0.3) is 0 Å². The highest BCUT2D eigenvalue weighted by Crippen LogP contribution is 2.32. The zero-order valence-electron chi connectivity index (χ0n) is 14.9. The van der Waals surface area contributed by atoms with Crippen LogP contribution in [-0.2, 0) is 19.0 Å². The molecule has 1 heterocycles. The maximum absolute atomic E-state index is 12.4. The SMILES string of the molecule is COCCNC(=O)C1=C[C@H](c2ccc(Br)cc2)C[C@H](OCCCCO)O1. The van der Waals surface area contributed by atoms with E-state index in [9.17, 15) is 4.79 Å². The van der Waals surface area contributed by atoms with Crippen LogP contribution >= 0.6 is 15.9 Å². The minimum atomic E-state index is -0.490. The van der Waals surface area contributed by atoms with Gasteiger partial charge in [-0.3, -0.25) is 4.79 Å². The van der Waals surface area contributed by atoms with Gasteiger partial charge < -0.3 is 24.6 Å². The van der Waals surface area contributed by atoms with Gasteiger partial charge in [-0.15, -0.1) is 0 Å². The summed E-state index contributed by atoms with van der Waals surface area (Å²) in [5.41, 5.74) is 1.10. The molecule has 7 heteroatoms. The summed E-state index contributed by atoms with van der Waals surface area (Å²) in [7, 11) is 1.59. The Labute approximate surface area is 162 Å². The summed E-state index contributed by atoms with van der Waals surface area (Å²) in [6.07, 6.45) is 3.42. The number of hydrogen-bond acceptors (Lipinski definition) is 5. The fourth-order valence-corrected chi connectivity index (χ4v) is 2.91. The molecule has 0 spiro atoms. The second-order valence-corrected chi connectivity index (χ2v) is 6.94. The minimum Gasteiger partial charge on any atom is -0.459 e. The first kappa shape index (κ1) is 20.9. The van der Waals surface area contributed by atoms with Gasteiger partial charge in [-0.1, -0.05) is 28.1 Å². The van der Waals surface area contributed by atoms with Crippen LogP contribution in [0.5, 0.6) is 0 Å². The van der Waals surface area contributed by atoms with Crippen molar-refractivity contribution in [3.63, 3.8) is 0 Å². The van der Waals surface area contributed by atoms with Gasteiger partial charge in [0, 0.05) is 37.1 Å². The Kier molecular flexibility index (Phi) is 9.11. The summed E-state index contributed by atoms with van der Waals surface area (Å²) in [6, 6.07) is 8.02. The molecule has 2 atom stereocenters. The standard InChI is InChI=1S/C19H26BrNO5/c1-24-11-8-21-19(23)17-12-15(14-4-6-16(20)7-5-14)13-18(26-17)25-10-3-2-9-22/h4-7,12,15,18,22H,2-3,8-11,13H2,1H3,(H,21,23)/t15-,18+/m0/s1. The molecule has 0 bridgehead atoms. The molecular weight excluding hydrogens is 402 g/mol. The molecule has 0 saturated carbocycles. The monoisotopic (exact) mass is 427 g/mol. The lowest BCUT2D eigenvalue weighted by atomic mass is 9.93. The zero-order chi connectivity index (χ0) is 18.8. The summed E-state index contributed by atoms with van der Waals surface area (Å²) in [4.78, 5) is 12.4. The summed E-state index contributed by atoms with van der Waals surface area (Å²) in [6.45, 7) is 1.48. The van der Waals surface area contributed by atoms with E-state index in [1.54, 1.807) is 7.11 Å². The van der Waals surface area contributed by atoms with Crippen LogP contribution in [0.15, 0.2) is 40.6 Å². The molecule has 0 aliphatic carbocycles. The average molecular weight is 428 g/mol. The zero-order valence-corrected chi connectivity index (χ0v) is 16.5. The van der Waals surface area contributed by atoms with Crippen LogP contribution in [0.3, 0.4) is 0 Å². The third-order valence-corrected chi connectivity index (χ3v) is 4.56. The first-order valence-corrected chi connectivity index (χ1v) is 9.57. The predicted molar refractivity (Wildman–Crippen MR) is 102 cm³/mol. The Morgan fingerprint density at radius 2 is 2.08 bits per heavy atom. The lowest BCUT2D eigenvalue weighted by Gasteiger charge is -2.29. The number of aliphatic hydroxyl groups excluding tert-OH is 1. The van der Waals surface area contributed by atoms with Gasteiger partial charge in [0.15, 0.2) is 5.76 Å². The molecule has 1 amide bonds. The molecule has 1 aromatic rings. The van der Waals surface area contributed by atoms with Crippen LogP contribution in [-0.4, -0.2) is 50.8 Å². The van der Waals surface area contributed by atoms with E-state index in [2.05, 4.69) is 21.2 Å². The van der Waals surface area contributed by atoms with E-state index in [4.69, 9.17) is 19.3 Å². The molecule has 1 aliphatic rings. The summed E-state index contributed by atoms with van der Waals surface area (Å²) in [5, 5.41) is 11.6. The molecule has 1 aliphatic heterocycles. The van der Waals surface area contributed by atoms with Gasteiger partial charge in [-0.25, -0.2) is 0 Å². The van der Waals surface area contributed by atoms with E-state index in [1.807, 2.05) is 30.3 Å². The maximum atomic E-state index is 12.4. The smallest absolute Gasteiger partial charge is 0.286 e. The summed E-state index contributed by atoms with van der Waals surface area (Å²) >= 11 is 3.44. The van der Waals surface area contributed by atoms with Crippen molar-refractivity contribution in [1.82, 2.24) is 5.32 Å². The van der Waals surface area contributed by atoms with Gasteiger partial charge in [-0.05, 0) is 36.6 Å². The van der Waals surface area contributed by atoms with Crippen LogP contribution in [0.1, 0.15) is 30.7 Å². The molecule has 26 heavy (non-hydrogen) atoms. The Morgan fingerprint density at radius 3 is 2.77 bits per heavy atom. The maximum Gasteiger partial charge on any atom is 0.286 e. The quantitative estimate of drug-likeness (QED) is 0.561. The fraction of sp³-hybridized carbons (Fsp3) is 0.526. The molecule has 2 rings (SSSR count). The van der Waals surface area contributed by atoms with Gasteiger partial charge in [0.25, 0.3) is 5.91 Å². The van der Waals surface area contributed by atoms with E-state index < -0.39 is 6.29 Å². The Morgan fingerprint density at radius 1 is 1.31 bits per heavy atom. The molecule has 6 nitrogen and oxygen atoms in total. The molecule has 0 saturated heterocycles. The van der Waals surface area contributed by atoms with Gasteiger partial charge in [0.1, 0.15) is 0 Å². The number of methoxy groups -OCH3 is 1. The molecule has 0 radical (unpaired) electrons. The van der Waals surface area contributed by atoms with Crippen molar-refractivity contribution in [3.8, 4) is 0 Å². The van der Waals surface area contributed by atoms with Gasteiger partial charge in [0.2, 0.25) is 6.29 Å². The van der Waals surface area contributed by atoms with Crippen molar-refractivity contribution in [2.45, 2.75) is 31.5 Å². The van der Waals surface area contributed by atoms with E-state index in [-0.39, 0.29) is 24.2 Å². The first-order valence-electron chi connectivity index (χ1n) is 8.77. The van der Waals surface area contributed by atoms with Gasteiger partial charge >= 0.3 is 0 Å². The van der Waals surface area contributed by atoms with Gasteiger partial charge in [0.05, 0.1) is 13.2 Å². The average Bonchev–Trinajstić information content (AvgIpc) is 2.66. The number of carbonyl (C=O) groups is 1. The fourth-order valence-electron chi connectivity index (χ4n) is 2.64. The van der Waals surface area contributed by atoms with Crippen molar-refractivity contribution in [3.05, 3.63) is 46.1 Å². The van der Waals surface area contributed by atoms with Crippen molar-refractivity contribution < 1.29 is 24.1 Å². The minimum absolute atomic E-state index is 0.0304. The third kappa shape index (κ3) is 6.72. The lowest BCUT2D eigenvalue weighted by molar-refractivity contribution is -0.146. The Hall–Kier alpha value is -1.41. The number of unbranched alkanes of at least 4 members (excludes halogenated alkanes) is 1. The van der Waals surface area contributed by atoms with E-state index in [0.717, 1.165) is 16.5 Å². The number of rotatable bonds is 10. The summed E-state index contributed by atoms with van der Waals surface area (Å²) < 4.78 is 17.5. The molecule has 1 aromatic carbocycles. The van der Waals surface area contributed by atoms with Crippen molar-refractivity contribution >= 4 is 21.8 Å². The van der Waals surface area contributed by atoms with Crippen LogP contribution < -0.4 is 5.32 Å². The second kappa shape index (κ2) is 11.3. The highest BCUT2D eigenvalue weighted by Gasteiger charge is 2.28. The number of allylic oxidation sites excluding steroid dienone is 1. The van der Waals surface area contributed by atoms with Crippen LogP contribution in [0.4, 0.5) is 0 Å². The number of hydrogen-bond donors (Lipinski definition) is 2. The van der Waals surface area contributed by atoms with Crippen LogP contribution in [0, 0.1) is 0 Å².